The molecule has 0 spiro atoms. The summed E-state index contributed by atoms with van der Waals surface area (Å²) in [6.07, 6.45) is 1.93. The van der Waals surface area contributed by atoms with E-state index in [1.807, 2.05) is 6.92 Å². The molecule has 0 aliphatic carbocycles. The molecule has 1 aromatic heterocycles. The van der Waals surface area contributed by atoms with Crippen molar-refractivity contribution in [2.24, 2.45) is 0 Å². The lowest BCUT2D eigenvalue weighted by molar-refractivity contribution is -0.116. The zero-order valence-corrected chi connectivity index (χ0v) is 14.0. The van der Waals surface area contributed by atoms with Gasteiger partial charge >= 0.3 is 0 Å². The molecule has 1 aromatic carbocycles. The van der Waals surface area contributed by atoms with E-state index in [2.05, 4.69) is 15.0 Å². The molecule has 1 aliphatic heterocycles. The highest BCUT2D eigenvalue weighted by atomic mass is 32.2. The second kappa shape index (κ2) is 5.90. The largest absolute Gasteiger partial charge is 0.325 e. The first-order chi connectivity index (χ1) is 10.4. The van der Waals surface area contributed by atoms with Gasteiger partial charge in [0, 0.05) is 28.1 Å². The Labute approximate surface area is 136 Å². The highest BCUT2D eigenvalue weighted by Gasteiger charge is 2.22. The lowest BCUT2D eigenvalue weighted by atomic mass is 10.3. The number of carbonyl (C=O) groups is 1. The van der Waals surface area contributed by atoms with Crippen LogP contribution in [0.25, 0.3) is 0 Å². The van der Waals surface area contributed by atoms with Gasteiger partial charge in [-0.15, -0.1) is 23.1 Å². The van der Waals surface area contributed by atoms with Gasteiger partial charge in [-0.2, -0.15) is 0 Å². The van der Waals surface area contributed by atoms with Crippen molar-refractivity contribution in [3.63, 3.8) is 0 Å². The van der Waals surface area contributed by atoms with Crippen molar-refractivity contribution in [1.82, 2.24) is 4.98 Å². The Morgan fingerprint density at radius 3 is 2.95 bits per heavy atom. The molecule has 0 saturated carbocycles. The van der Waals surface area contributed by atoms with Crippen LogP contribution in [0.4, 0.5) is 10.8 Å². The number of hydrogen-bond acceptors (Lipinski definition) is 6. The minimum atomic E-state index is -3.72. The first kappa shape index (κ1) is 15.3. The minimum Gasteiger partial charge on any atom is -0.325 e. The zero-order valence-electron chi connectivity index (χ0n) is 11.6. The van der Waals surface area contributed by atoms with Crippen molar-refractivity contribution in [2.45, 2.75) is 28.4 Å². The van der Waals surface area contributed by atoms with Gasteiger partial charge in [0.25, 0.3) is 10.0 Å². The summed E-state index contributed by atoms with van der Waals surface area (Å²) in [6.45, 7) is 1.97. The second-order valence-corrected chi connectivity index (χ2v) is 8.84. The molecule has 1 aliphatic rings. The Kier molecular flexibility index (Phi) is 4.11. The molecule has 3 rings (SSSR count). The van der Waals surface area contributed by atoms with Crippen LogP contribution in [0.5, 0.6) is 0 Å². The van der Waals surface area contributed by atoms with Gasteiger partial charge in [0.1, 0.15) is 0 Å². The van der Waals surface area contributed by atoms with Crippen molar-refractivity contribution >= 4 is 49.8 Å². The number of thioether (sulfide) groups is 1. The number of amides is 1. The van der Waals surface area contributed by atoms with Crippen LogP contribution in [0.3, 0.4) is 0 Å². The van der Waals surface area contributed by atoms with E-state index < -0.39 is 10.0 Å². The molecular formula is C13H13N3O3S3. The lowest BCUT2D eigenvalue weighted by Crippen LogP contribution is -2.15. The van der Waals surface area contributed by atoms with Gasteiger partial charge < -0.3 is 5.32 Å². The maximum atomic E-state index is 12.4. The summed E-state index contributed by atoms with van der Waals surface area (Å²) >= 11 is 2.75. The topological polar surface area (TPSA) is 88.2 Å². The van der Waals surface area contributed by atoms with Gasteiger partial charge in [-0.25, -0.2) is 13.4 Å². The molecule has 6 nitrogen and oxygen atoms in total. The first-order valence-corrected chi connectivity index (χ1v) is 9.71. The van der Waals surface area contributed by atoms with Crippen LogP contribution in [-0.2, 0) is 14.8 Å². The van der Waals surface area contributed by atoms with Gasteiger partial charge in [0.15, 0.2) is 5.13 Å². The molecular weight excluding hydrogens is 342 g/mol. The van der Waals surface area contributed by atoms with Crippen LogP contribution >= 0.6 is 23.1 Å². The van der Waals surface area contributed by atoms with Crippen molar-refractivity contribution in [2.75, 3.05) is 10.0 Å². The summed E-state index contributed by atoms with van der Waals surface area (Å²) in [7, 11) is -3.72. The Hall–Kier alpha value is -1.58. The Balaban J connectivity index is 1.94. The Morgan fingerprint density at radius 1 is 1.41 bits per heavy atom. The number of carbonyl (C=O) groups excluding carboxylic acids is 1. The molecule has 1 amide bonds. The van der Waals surface area contributed by atoms with E-state index in [-0.39, 0.29) is 16.1 Å². The molecule has 1 unspecified atom stereocenters. The van der Waals surface area contributed by atoms with Crippen LogP contribution in [0.2, 0.25) is 0 Å². The predicted octanol–water partition coefficient (Wildman–Crippen LogP) is 2.77. The third-order valence-corrected chi connectivity index (χ3v) is 6.32. The number of fused-ring (bicyclic) bond motifs is 1. The number of benzene rings is 1. The minimum absolute atomic E-state index is 0.0944. The van der Waals surface area contributed by atoms with E-state index in [9.17, 15) is 13.2 Å². The van der Waals surface area contributed by atoms with Gasteiger partial charge in [-0.3, -0.25) is 9.52 Å². The molecule has 9 heteroatoms. The molecule has 2 aromatic rings. The van der Waals surface area contributed by atoms with E-state index in [1.165, 1.54) is 29.7 Å². The summed E-state index contributed by atoms with van der Waals surface area (Å²) < 4.78 is 27.1. The lowest BCUT2D eigenvalue weighted by Gasteiger charge is -2.10. The Morgan fingerprint density at radius 2 is 2.23 bits per heavy atom. The Bertz CT molecular complexity index is 803. The molecule has 116 valence electrons. The van der Waals surface area contributed by atoms with Gasteiger partial charge in [-0.1, -0.05) is 6.92 Å². The number of aromatic nitrogens is 1. The van der Waals surface area contributed by atoms with E-state index in [4.69, 9.17) is 0 Å². The van der Waals surface area contributed by atoms with E-state index in [0.717, 1.165) is 4.90 Å². The quantitative estimate of drug-likeness (QED) is 0.884. The second-order valence-electron chi connectivity index (χ2n) is 4.78. The van der Waals surface area contributed by atoms with Crippen LogP contribution in [0.1, 0.15) is 13.3 Å². The summed E-state index contributed by atoms with van der Waals surface area (Å²) in [5.41, 5.74) is 0.529. The molecule has 0 saturated heterocycles. The van der Waals surface area contributed by atoms with Crippen LogP contribution in [0.15, 0.2) is 39.6 Å². The van der Waals surface area contributed by atoms with Crippen molar-refractivity contribution in [3.05, 3.63) is 29.8 Å². The number of anilines is 2. The molecule has 0 fully saturated rings. The fourth-order valence-electron chi connectivity index (χ4n) is 2.05. The fraction of sp³-hybridized carbons (Fsp3) is 0.231. The number of nitrogens with zero attached hydrogens (tertiary/aromatic N) is 1. The van der Waals surface area contributed by atoms with Gasteiger partial charge in [0.05, 0.1) is 10.6 Å². The number of nitrogens with one attached hydrogen (secondary N) is 2. The number of hydrogen-bond donors (Lipinski definition) is 2. The SMILES string of the molecule is CC1CC(=O)Nc2cc(S(=O)(=O)Nc3nccs3)ccc2S1. The van der Waals surface area contributed by atoms with E-state index in [0.29, 0.717) is 17.2 Å². The van der Waals surface area contributed by atoms with E-state index >= 15 is 0 Å². The zero-order chi connectivity index (χ0) is 15.7. The van der Waals surface area contributed by atoms with Crippen molar-refractivity contribution in [1.29, 1.82) is 0 Å². The summed E-state index contributed by atoms with van der Waals surface area (Å²) in [5.74, 6) is -0.110. The van der Waals surface area contributed by atoms with Gasteiger partial charge in [0.2, 0.25) is 5.91 Å². The average molecular weight is 355 g/mol. The third kappa shape index (κ3) is 3.26. The molecule has 1 atom stereocenters. The highest BCUT2D eigenvalue weighted by Crippen LogP contribution is 2.36. The maximum Gasteiger partial charge on any atom is 0.263 e. The van der Waals surface area contributed by atoms with Crippen molar-refractivity contribution in [3.8, 4) is 0 Å². The summed E-state index contributed by atoms with van der Waals surface area (Å²) in [5, 5.41) is 4.90. The summed E-state index contributed by atoms with van der Waals surface area (Å²) in [4.78, 5) is 16.6. The molecule has 2 heterocycles. The average Bonchev–Trinajstić information content (AvgIpc) is 2.86. The van der Waals surface area contributed by atoms with Gasteiger partial charge in [-0.05, 0) is 18.2 Å². The van der Waals surface area contributed by atoms with Crippen LogP contribution in [0, 0.1) is 0 Å². The molecule has 0 bridgehead atoms. The first-order valence-electron chi connectivity index (χ1n) is 6.47. The molecule has 0 radical (unpaired) electrons. The fourth-order valence-corrected chi connectivity index (χ4v) is 4.91. The monoisotopic (exact) mass is 355 g/mol. The van der Waals surface area contributed by atoms with Crippen molar-refractivity contribution < 1.29 is 13.2 Å². The molecule has 2 N–H and O–H groups in total. The molecule has 22 heavy (non-hydrogen) atoms. The smallest absolute Gasteiger partial charge is 0.263 e. The summed E-state index contributed by atoms with van der Waals surface area (Å²) in [6, 6.07) is 4.73. The predicted molar refractivity (Wildman–Crippen MR) is 87.9 cm³/mol. The maximum absolute atomic E-state index is 12.4. The normalized spacial score (nSPS) is 18.2. The van der Waals surface area contributed by atoms with Crippen LogP contribution in [-0.4, -0.2) is 24.6 Å². The van der Waals surface area contributed by atoms with E-state index in [1.54, 1.807) is 23.2 Å². The third-order valence-electron chi connectivity index (χ3n) is 2.99. The standard InChI is InChI=1S/C13H13N3O3S3/c1-8-6-12(17)15-10-7-9(2-3-11(10)21-8)22(18,19)16-13-14-4-5-20-13/h2-5,7-8H,6H2,1H3,(H,14,16)(H,15,17). The number of rotatable bonds is 3. The highest BCUT2D eigenvalue weighted by molar-refractivity contribution is 8.00. The number of sulfonamides is 1. The van der Waals surface area contributed by atoms with Crippen LogP contribution < -0.4 is 10.0 Å². The number of thiazole rings is 1.